The van der Waals surface area contributed by atoms with E-state index in [4.69, 9.17) is 0 Å². The summed E-state index contributed by atoms with van der Waals surface area (Å²) in [4.78, 5) is 14.1. The molecule has 3 nitrogen and oxygen atoms in total. The summed E-state index contributed by atoms with van der Waals surface area (Å²) in [6.45, 7) is 6.73. The third-order valence-electron chi connectivity index (χ3n) is 5.64. The van der Waals surface area contributed by atoms with Gasteiger partial charge in [-0.1, -0.05) is 42.5 Å². The largest absolute Gasteiger partial charge is 0.396 e. The maximum absolute atomic E-state index is 11.6. The highest BCUT2D eigenvalue weighted by molar-refractivity contribution is 5.94. The molecular weight excluding hydrogens is 322 g/mol. The molecule has 2 aromatic carbocycles. The molecule has 0 spiro atoms. The highest BCUT2D eigenvalue weighted by Gasteiger charge is 2.35. The van der Waals surface area contributed by atoms with Crippen LogP contribution < -0.4 is 0 Å². The van der Waals surface area contributed by atoms with Gasteiger partial charge in [0, 0.05) is 24.1 Å². The number of aliphatic hydroxyl groups excluding tert-OH is 1. The van der Waals surface area contributed by atoms with Crippen LogP contribution in [0.25, 0.3) is 0 Å². The lowest BCUT2D eigenvalue weighted by atomic mass is 9.75. The van der Waals surface area contributed by atoms with Crippen molar-refractivity contribution in [3.63, 3.8) is 0 Å². The molecule has 1 saturated heterocycles. The topological polar surface area (TPSA) is 40.5 Å². The van der Waals surface area contributed by atoms with Gasteiger partial charge in [0.2, 0.25) is 0 Å². The van der Waals surface area contributed by atoms with Crippen LogP contribution in [0.15, 0.2) is 48.5 Å². The van der Waals surface area contributed by atoms with Gasteiger partial charge in [0.15, 0.2) is 5.78 Å². The molecule has 1 unspecified atom stereocenters. The molecule has 0 radical (unpaired) electrons. The van der Waals surface area contributed by atoms with Crippen molar-refractivity contribution < 1.29 is 9.90 Å². The molecule has 138 valence electrons. The number of Topliss-reactive ketones (excluding diaryl/α,β-unsaturated/α-hetero) is 1. The second-order valence-electron chi connectivity index (χ2n) is 7.83. The minimum absolute atomic E-state index is 0.0808. The quantitative estimate of drug-likeness (QED) is 0.799. The van der Waals surface area contributed by atoms with E-state index in [-0.39, 0.29) is 17.8 Å². The molecule has 1 heterocycles. The third-order valence-corrected chi connectivity index (χ3v) is 5.64. The molecule has 1 fully saturated rings. The number of hydrogen-bond donors (Lipinski definition) is 1. The van der Waals surface area contributed by atoms with Crippen LogP contribution in [0.4, 0.5) is 0 Å². The number of carbonyl (C=O) groups is 1. The average Bonchev–Trinajstić information content (AvgIpc) is 2.64. The number of likely N-dealkylation sites (tertiary alicyclic amines) is 1. The summed E-state index contributed by atoms with van der Waals surface area (Å²) >= 11 is 0. The van der Waals surface area contributed by atoms with E-state index in [2.05, 4.69) is 42.2 Å². The Labute approximate surface area is 156 Å². The van der Waals surface area contributed by atoms with Crippen molar-refractivity contribution >= 4 is 5.78 Å². The minimum Gasteiger partial charge on any atom is -0.396 e. The monoisotopic (exact) mass is 351 g/mol. The van der Waals surface area contributed by atoms with Gasteiger partial charge in [0.25, 0.3) is 0 Å². The zero-order chi connectivity index (χ0) is 18.6. The van der Waals surface area contributed by atoms with Crippen LogP contribution in [0.1, 0.15) is 46.8 Å². The Morgan fingerprint density at radius 1 is 1.19 bits per heavy atom. The SMILES string of the molecule is CC(=O)c1cccc(CN2CCCC(CO)(Cc3ccccc3C)C2)c1. The number of ketones is 1. The number of aliphatic hydroxyl groups is 1. The fourth-order valence-electron chi connectivity index (χ4n) is 4.13. The summed E-state index contributed by atoms with van der Waals surface area (Å²) in [6, 6.07) is 16.4. The van der Waals surface area contributed by atoms with E-state index in [0.29, 0.717) is 0 Å². The van der Waals surface area contributed by atoms with Gasteiger partial charge >= 0.3 is 0 Å². The van der Waals surface area contributed by atoms with E-state index < -0.39 is 0 Å². The molecular formula is C23H29NO2. The summed E-state index contributed by atoms with van der Waals surface area (Å²) in [7, 11) is 0. The zero-order valence-electron chi connectivity index (χ0n) is 15.9. The first-order valence-electron chi connectivity index (χ1n) is 9.49. The second kappa shape index (κ2) is 8.15. The fraction of sp³-hybridized carbons (Fsp3) is 0.435. The Balaban J connectivity index is 1.74. The molecule has 1 aliphatic rings. The van der Waals surface area contributed by atoms with Gasteiger partial charge in [0.1, 0.15) is 0 Å². The van der Waals surface area contributed by atoms with Gasteiger partial charge < -0.3 is 5.11 Å². The Hall–Kier alpha value is -1.97. The summed E-state index contributed by atoms with van der Waals surface area (Å²) in [5.41, 5.74) is 4.49. The van der Waals surface area contributed by atoms with Gasteiger partial charge in [-0.25, -0.2) is 0 Å². The normalized spacial score (nSPS) is 20.9. The van der Waals surface area contributed by atoms with Crippen molar-refractivity contribution in [2.45, 2.75) is 39.7 Å². The van der Waals surface area contributed by atoms with Gasteiger partial charge in [-0.05, 0) is 62.4 Å². The lowest BCUT2D eigenvalue weighted by Crippen LogP contribution is -2.46. The molecule has 0 aliphatic carbocycles. The number of piperidine rings is 1. The van der Waals surface area contributed by atoms with Crippen LogP contribution in [0.2, 0.25) is 0 Å². The van der Waals surface area contributed by atoms with E-state index in [1.165, 1.54) is 16.7 Å². The van der Waals surface area contributed by atoms with E-state index in [1.807, 2.05) is 18.2 Å². The first-order valence-corrected chi connectivity index (χ1v) is 9.49. The summed E-state index contributed by atoms with van der Waals surface area (Å²) in [6.07, 6.45) is 3.07. The van der Waals surface area contributed by atoms with E-state index >= 15 is 0 Å². The van der Waals surface area contributed by atoms with Crippen LogP contribution >= 0.6 is 0 Å². The van der Waals surface area contributed by atoms with Gasteiger partial charge in [-0.2, -0.15) is 0 Å². The third kappa shape index (κ3) is 4.40. The fourth-order valence-corrected chi connectivity index (χ4v) is 4.13. The predicted octanol–water partition coefficient (Wildman–Crippen LogP) is 4.01. The van der Waals surface area contributed by atoms with Gasteiger partial charge in [-0.3, -0.25) is 9.69 Å². The van der Waals surface area contributed by atoms with Crippen LogP contribution in [0.5, 0.6) is 0 Å². The molecule has 1 atom stereocenters. The molecule has 1 N–H and O–H groups in total. The maximum Gasteiger partial charge on any atom is 0.159 e. The molecule has 0 amide bonds. The maximum atomic E-state index is 11.6. The number of rotatable bonds is 6. The van der Waals surface area contributed by atoms with Crippen molar-refractivity contribution in [3.05, 3.63) is 70.8 Å². The Morgan fingerprint density at radius 2 is 2.00 bits per heavy atom. The number of nitrogens with zero attached hydrogens (tertiary/aromatic N) is 1. The van der Waals surface area contributed by atoms with Crippen molar-refractivity contribution in [1.29, 1.82) is 0 Å². The van der Waals surface area contributed by atoms with E-state index in [9.17, 15) is 9.90 Å². The highest BCUT2D eigenvalue weighted by atomic mass is 16.3. The van der Waals surface area contributed by atoms with E-state index in [0.717, 1.165) is 44.5 Å². The number of benzene rings is 2. The lowest BCUT2D eigenvalue weighted by molar-refractivity contribution is 0.0287. The molecule has 2 aromatic rings. The standard InChI is InChI=1S/C23H29NO2/c1-18-7-3-4-9-22(18)14-23(17-25)11-6-12-24(16-23)15-20-8-5-10-21(13-20)19(2)26/h3-5,7-10,13,25H,6,11-12,14-17H2,1-2H3. The molecule has 26 heavy (non-hydrogen) atoms. The van der Waals surface area contributed by atoms with E-state index in [1.54, 1.807) is 6.92 Å². The zero-order valence-corrected chi connectivity index (χ0v) is 15.9. The first kappa shape index (κ1) is 18.8. The van der Waals surface area contributed by atoms with Gasteiger partial charge in [0.05, 0.1) is 6.61 Å². The van der Waals surface area contributed by atoms with Crippen molar-refractivity contribution in [3.8, 4) is 0 Å². The van der Waals surface area contributed by atoms with Crippen molar-refractivity contribution in [2.75, 3.05) is 19.7 Å². The molecule has 3 rings (SSSR count). The summed E-state index contributed by atoms with van der Waals surface area (Å²) in [5, 5.41) is 10.2. The Morgan fingerprint density at radius 3 is 2.73 bits per heavy atom. The van der Waals surface area contributed by atoms with Crippen LogP contribution in [0.3, 0.4) is 0 Å². The lowest BCUT2D eigenvalue weighted by Gasteiger charge is -2.42. The van der Waals surface area contributed by atoms with Crippen LogP contribution in [0, 0.1) is 12.3 Å². The molecule has 0 bridgehead atoms. The highest BCUT2D eigenvalue weighted by Crippen LogP contribution is 2.34. The first-order chi connectivity index (χ1) is 12.5. The minimum atomic E-state index is -0.0808. The Kier molecular flexibility index (Phi) is 5.90. The van der Waals surface area contributed by atoms with Crippen molar-refractivity contribution in [2.24, 2.45) is 5.41 Å². The number of aryl methyl sites for hydroxylation is 1. The second-order valence-corrected chi connectivity index (χ2v) is 7.83. The average molecular weight is 351 g/mol. The van der Waals surface area contributed by atoms with Gasteiger partial charge in [-0.15, -0.1) is 0 Å². The van der Waals surface area contributed by atoms with Crippen molar-refractivity contribution in [1.82, 2.24) is 4.90 Å². The smallest absolute Gasteiger partial charge is 0.159 e. The molecule has 3 heteroatoms. The van der Waals surface area contributed by atoms with Crippen LogP contribution in [-0.2, 0) is 13.0 Å². The predicted molar refractivity (Wildman–Crippen MR) is 105 cm³/mol. The van der Waals surface area contributed by atoms with Crippen LogP contribution in [-0.4, -0.2) is 35.5 Å². The molecule has 1 aliphatic heterocycles. The number of carbonyl (C=O) groups excluding carboxylic acids is 1. The molecule has 0 aromatic heterocycles. The molecule has 0 saturated carbocycles. The number of hydrogen-bond acceptors (Lipinski definition) is 3. The summed E-state index contributed by atoms with van der Waals surface area (Å²) < 4.78 is 0. The summed E-state index contributed by atoms with van der Waals surface area (Å²) in [5.74, 6) is 0.106. The Bertz CT molecular complexity index is 770.